The summed E-state index contributed by atoms with van der Waals surface area (Å²) in [7, 11) is 2.25. The summed E-state index contributed by atoms with van der Waals surface area (Å²) in [6.07, 6.45) is 9.46. The van der Waals surface area contributed by atoms with E-state index in [2.05, 4.69) is 37.2 Å². The molecule has 2 aliphatic rings. The first-order valence-electron chi connectivity index (χ1n) is 8.58. The maximum Gasteiger partial charge on any atom is 0.133 e. The van der Waals surface area contributed by atoms with E-state index < -0.39 is 0 Å². The Kier molecular flexibility index (Phi) is 4.48. The molecule has 21 heavy (non-hydrogen) atoms. The van der Waals surface area contributed by atoms with E-state index in [-0.39, 0.29) is 0 Å². The number of hydrogen-bond acceptors (Lipinski definition) is 3. The van der Waals surface area contributed by atoms with Gasteiger partial charge in [-0.3, -0.25) is 0 Å². The highest BCUT2D eigenvalue weighted by molar-refractivity contribution is 5.52. The van der Waals surface area contributed by atoms with E-state index in [1.165, 1.54) is 61.9 Å². The van der Waals surface area contributed by atoms with Crippen molar-refractivity contribution in [2.75, 3.05) is 11.9 Å². The smallest absolute Gasteiger partial charge is 0.133 e. The van der Waals surface area contributed by atoms with E-state index in [0.717, 1.165) is 18.3 Å². The highest BCUT2D eigenvalue weighted by atomic mass is 15.2. The van der Waals surface area contributed by atoms with Gasteiger partial charge in [-0.15, -0.1) is 0 Å². The van der Waals surface area contributed by atoms with Gasteiger partial charge in [0.05, 0.1) is 0 Å². The molecule has 0 aliphatic heterocycles. The molecule has 1 aromatic rings. The minimum atomic E-state index is 0.673. The van der Waals surface area contributed by atoms with Gasteiger partial charge in [-0.1, -0.05) is 19.3 Å². The van der Waals surface area contributed by atoms with E-state index in [1.54, 1.807) is 0 Å². The van der Waals surface area contributed by atoms with Crippen molar-refractivity contribution in [3.8, 4) is 0 Å². The van der Waals surface area contributed by atoms with Crippen LogP contribution in [0.3, 0.4) is 0 Å². The van der Waals surface area contributed by atoms with E-state index in [4.69, 9.17) is 4.98 Å². The van der Waals surface area contributed by atoms with Crippen molar-refractivity contribution < 1.29 is 0 Å². The predicted octanol–water partition coefficient (Wildman–Crippen LogP) is 3.72. The monoisotopic (exact) mass is 287 g/mol. The summed E-state index contributed by atoms with van der Waals surface area (Å²) in [6, 6.07) is 3.65. The Balaban J connectivity index is 1.82. The zero-order chi connectivity index (χ0) is 14.8. The number of nitrogens with one attached hydrogen (secondary N) is 1. The molecule has 0 radical (unpaired) electrons. The molecule has 0 unspecified atom stereocenters. The number of rotatable bonds is 5. The van der Waals surface area contributed by atoms with Gasteiger partial charge in [0.2, 0.25) is 0 Å². The fraction of sp³-hybridized carbons (Fsp3) is 0.722. The molecule has 3 nitrogen and oxygen atoms in total. The fourth-order valence-corrected chi connectivity index (χ4v) is 3.53. The van der Waals surface area contributed by atoms with E-state index in [9.17, 15) is 0 Å². The Morgan fingerprint density at radius 3 is 2.52 bits per heavy atom. The van der Waals surface area contributed by atoms with Gasteiger partial charge in [0, 0.05) is 36.9 Å². The highest BCUT2D eigenvalue weighted by Gasteiger charge is 2.24. The van der Waals surface area contributed by atoms with Gasteiger partial charge in [0.25, 0.3) is 0 Å². The first-order valence-corrected chi connectivity index (χ1v) is 8.58. The Hall–Kier alpha value is -1.09. The number of anilines is 1. The second kappa shape index (κ2) is 6.35. The third kappa shape index (κ3) is 3.57. The van der Waals surface area contributed by atoms with Crippen molar-refractivity contribution in [1.82, 2.24) is 10.3 Å². The zero-order valence-electron chi connectivity index (χ0n) is 13.8. The van der Waals surface area contributed by atoms with Crippen LogP contribution in [0.4, 0.5) is 5.82 Å². The molecule has 0 spiro atoms. The molecule has 1 aromatic heterocycles. The second-order valence-electron chi connectivity index (χ2n) is 6.94. The number of aryl methyl sites for hydroxylation is 2. The van der Waals surface area contributed by atoms with Crippen LogP contribution in [0.25, 0.3) is 0 Å². The van der Waals surface area contributed by atoms with Gasteiger partial charge in [0.1, 0.15) is 5.82 Å². The van der Waals surface area contributed by atoms with Gasteiger partial charge < -0.3 is 10.2 Å². The minimum Gasteiger partial charge on any atom is -0.356 e. The number of hydrogen-bond donors (Lipinski definition) is 1. The zero-order valence-corrected chi connectivity index (χ0v) is 13.8. The summed E-state index contributed by atoms with van der Waals surface area (Å²) >= 11 is 0. The lowest BCUT2D eigenvalue weighted by Crippen LogP contribution is -2.35. The van der Waals surface area contributed by atoms with Crippen molar-refractivity contribution >= 4 is 5.82 Å². The fourth-order valence-electron chi connectivity index (χ4n) is 3.53. The third-order valence-electron chi connectivity index (χ3n) is 5.05. The van der Waals surface area contributed by atoms with Crippen LogP contribution in [0.2, 0.25) is 0 Å². The average Bonchev–Trinajstić information content (AvgIpc) is 3.30. The van der Waals surface area contributed by atoms with Crippen molar-refractivity contribution in [3.63, 3.8) is 0 Å². The summed E-state index contributed by atoms with van der Waals surface area (Å²) < 4.78 is 0. The van der Waals surface area contributed by atoms with Gasteiger partial charge >= 0.3 is 0 Å². The van der Waals surface area contributed by atoms with Crippen LogP contribution in [0.5, 0.6) is 0 Å². The van der Waals surface area contributed by atoms with Gasteiger partial charge in [-0.25, -0.2) is 4.98 Å². The van der Waals surface area contributed by atoms with E-state index in [0.29, 0.717) is 6.04 Å². The highest BCUT2D eigenvalue weighted by Crippen LogP contribution is 2.30. The predicted molar refractivity (Wildman–Crippen MR) is 88.8 cm³/mol. The maximum absolute atomic E-state index is 4.89. The van der Waals surface area contributed by atoms with Gasteiger partial charge in [-0.2, -0.15) is 0 Å². The van der Waals surface area contributed by atoms with Crippen LogP contribution in [0.15, 0.2) is 6.07 Å². The Morgan fingerprint density at radius 1 is 1.14 bits per heavy atom. The molecule has 0 atom stereocenters. The molecule has 2 saturated carbocycles. The molecule has 0 bridgehead atoms. The Labute approximate surface area is 129 Å². The minimum absolute atomic E-state index is 0.673. The lowest BCUT2D eigenvalue weighted by molar-refractivity contribution is 0.425. The molecule has 3 rings (SSSR count). The van der Waals surface area contributed by atoms with Gasteiger partial charge in [-0.05, 0) is 51.2 Å². The molecule has 1 N–H and O–H groups in total. The summed E-state index contributed by atoms with van der Waals surface area (Å²) in [5, 5.41) is 3.66. The Bertz CT molecular complexity index is 487. The number of pyridine rings is 1. The summed E-state index contributed by atoms with van der Waals surface area (Å²) in [5.74, 6) is 1.22. The van der Waals surface area contributed by atoms with Crippen LogP contribution < -0.4 is 10.2 Å². The SMILES string of the molecule is Cc1cc(C)c(CNC2CC2)c(N(C)C2CCCCC2)n1. The van der Waals surface area contributed by atoms with Crippen LogP contribution >= 0.6 is 0 Å². The molecule has 3 heteroatoms. The summed E-state index contributed by atoms with van der Waals surface area (Å²) in [5.41, 5.74) is 3.93. The lowest BCUT2D eigenvalue weighted by Gasteiger charge is -2.34. The standard InChI is InChI=1S/C18H29N3/c1-13-11-14(2)20-18(17(13)12-19-15-9-10-15)21(3)16-7-5-4-6-8-16/h11,15-16,19H,4-10,12H2,1-3H3. The molecule has 2 aliphatic carbocycles. The summed E-state index contributed by atoms with van der Waals surface area (Å²) in [6.45, 7) is 5.32. The topological polar surface area (TPSA) is 28.2 Å². The first-order chi connectivity index (χ1) is 10.1. The first kappa shape index (κ1) is 14.8. The van der Waals surface area contributed by atoms with Crippen molar-refractivity contribution in [1.29, 1.82) is 0 Å². The molecule has 116 valence electrons. The Morgan fingerprint density at radius 2 is 1.86 bits per heavy atom. The van der Waals surface area contributed by atoms with Crippen LogP contribution in [-0.4, -0.2) is 24.1 Å². The molecular formula is C18H29N3. The molecule has 0 aromatic carbocycles. The number of aromatic nitrogens is 1. The quantitative estimate of drug-likeness (QED) is 0.894. The lowest BCUT2D eigenvalue weighted by atomic mass is 9.94. The van der Waals surface area contributed by atoms with E-state index >= 15 is 0 Å². The van der Waals surface area contributed by atoms with E-state index in [1.807, 2.05) is 0 Å². The van der Waals surface area contributed by atoms with Crippen molar-refractivity contribution in [2.45, 2.75) is 77.4 Å². The van der Waals surface area contributed by atoms with Crippen LogP contribution in [-0.2, 0) is 6.54 Å². The van der Waals surface area contributed by atoms with Crippen molar-refractivity contribution in [2.24, 2.45) is 0 Å². The molecule has 0 saturated heterocycles. The summed E-state index contributed by atoms with van der Waals surface area (Å²) in [4.78, 5) is 7.35. The van der Waals surface area contributed by atoms with Crippen LogP contribution in [0.1, 0.15) is 61.8 Å². The maximum atomic E-state index is 4.89. The van der Waals surface area contributed by atoms with Crippen molar-refractivity contribution in [3.05, 3.63) is 22.9 Å². The van der Waals surface area contributed by atoms with Gasteiger partial charge in [0.15, 0.2) is 0 Å². The number of nitrogens with zero attached hydrogens (tertiary/aromatic N) is 2. The third-order valence-corrected chi connectivity index (χ3v) is 5.05. The normalized spacial score (nSPS) is 19.8. The molecular weight excluding hydrogens is 258 g/mol. The molecule has 1 heterocycles. The molecule has 0 amide bonds. The van der Waals surface area contributed by atoms with Crippen LogP contribution in [0, 0.1) is 13.8 Å². The second-order valence-corrected chi connectivity index (χ2v) is 6.94. The molecule has 2 fully saturated rings. The average molecular weight is 287 g/mol. The largest absolute Gasteiger partial charge is 0.356 e.